The number of amides is 1. The van der Waals surface area contributed by atoms with Crippen molar-refractivity contribution in [3.63, 3.8) is 0 Å². The molecular formula is C26H23F2N5O4. The van der Waals surface area contributed by atoms with Crippen LogP contribution in [0.25, 0.3) is 16.6 Å². The number of hydrogen-bond donors (Lipinski definition) is 2. The van der Waals surface area contributed by atoms with Gasteiger partial charge in [0.05, 0.1) is 23.9 Å². The number of nitrogens with zero attached hydrogens (tertiary/aromatic N) is 5. The highest BCUT2D eigenvalue weighted by Gasteiger charge is 2.46. The summed E-state index contributed by atoms with van der Waals surface area (Å²) < 4.78 is 33.2. The van der Waals surface area contributed by atoms with Gasteiger partial charge in [-0.2, -0.15) is 13.9 Å². The fraction of sp³-hybridized carbons (Fsp3) is 0.308. The predicted molar refractivity (Wildman–Crippen MR) is 127 cm³/mol. The number of halogens is 2. The molecule has 0 fully saturated rings. The van der Waals surface area contributed by atoms with Crippen LogP contribution in [0, 0.1) is 0 Å². The van der Waals surface area contributed by atoms with E-state index in [2.05, 4.69) is 9.97 Å². The van der Waals surface area contributed by atoms with Crippen LogP contribution in [-0.2, 0) is 5.60 Å². The second-order valence-electron chi connectivity index (χ2n) is 9.59. The van der Waals surface area contributed by atoms with Gasteiger partial charge in [-0.1, -0.05) is 6.07 Å². The van der Waals surface area contributed by atoms with Gasteiger partial charge in [-0.05, 0) is 43.2 Å². The van der Waals surface area contributed by atoms with Crippen LogP contribution in [-0.4, -0.2) is 60.9 Å². The summed E-state index contributed by atoms with van der Waals surface area (Å²) in [6.07, 6.45) is 5.42. The molecule has 1 aliphatic heterocycles. The van der Waals surface area contributed by atoms with Crippen LogP contribution in [0.3, 0.4) is 0 Å². The minimum Gasteiger partial charge on any atom is -0.434 e. The number of rotatable bonds is 5. The van der Waals surface area contributed by atoms with Crippen molar-refractivity contribution in [3.05, 3.63) is 77.1 Å². The first-order chi connectivity index (χ1) is 17.7. The molecule has 1 aliphatic carbocycles. The Morgan fingerprint density at radius 1 is 1.19 bits per heavy atom. The average molecular weight is 507 g/mol. The van der Waals surface area contributed by atoms with Gasteiger partial charge < -0.3 is 19.8 Å². The molecule has 37 heavy (non-hydrogen) atoms. The van der Waals surface area contributed by atoms with Crippen molar-refractivity contribution in [2.45, 2.75) is 37.5 Å². The van der Waals surface area contributed by atoms with E-state index in [0.29, 0.717) is 23.1 Å². The van der Waals surface area contributed by atoms with Gasteiger partial charge in [0.25, 0.3) is 5.91 Å². The maximum Gasteiger partial charge on any atom is 0.387 e. The third-order valence-electron chi connectivity index (χ3n) is 7.25. The van der Waals surface area contributed by atoms with Gasteiger partial charge in [0.15, 0.2) is 5.82 Å². The summed E-state index contributed by atoms with van der Waals surface area (Å²) >= 11 is 0. The Morgan fingerprint density at radius 2 is 1.95 bits per heavy atom. The molecule has 3 aromatic heterocycles. The van der Waals surface area contributed by atoms with E-state index in [-0.39, 0.29) is 29.4 Å². The van der Waals surface area contributed by atoms with Gasteiger partial charge in [0, 0.05) is 53.8 Å². The summed E-state index contributed by atoms with van der Waals surface area (Å²) in [6, 6.07) is 8.11. The number of fused-ring (bicyclic) bond motifs is 9. The zero-order valence-corrected chi connectivity index (χ0v) is 20.0. The molecular weight excluding hydrogens is 484 g/mol. The van der Waals surface area contributed by atoms with Crippen LogP contribution in [0.4, 0.5) is 8.78 Å². The van der Waals surface area contributed by atoms with Crippen LogP contribution in [0.5, 0.6) is 5.75 Å². The number of hydrogen-bond acceptors (Lipinski definition) is 7. The number of benzene rings is 1. The van der Waals surface area contributed by atoms with Gasteiger partial charge in [0.2, 0.25) is 0 Å². The van der Waals surface area contributed by atoms with E-state index in [1.807, 2.05) is 12.1 Å². The maximum absolute atomic E-state index is 13.3. The molecule has 6 rings (SSSR count). The van der Waals surface area contributed by atoms with Gasteiger partial charge in [-0.15, -0.1) is 0 Å². The Labute approximate surface area is 210 Å². The lowest BCUT2D eigenvalue weighted by Crippen LogP contribution is -2.30. The highest BCUT2D eigenvalue weighted by atomic mass is 19.3. The number of aliphatic hydroxyl groups excluding tert-OH is 1. The van der Waals surface area contributed by atoms with Crippen molar-refractivity contribution in [2.24, 2.45) is 0 Å². The summed E-state index contributed by atoms with van der Waals surface area (Å²) in [4.78, 5) is 23.3. The molecule has 1 amide bonds. The fourth-order valence-electron chi connectivity index (χ4n) is 5.37. The molecule has 3 atom stereocenters. The van der Waals surface area contributed by atoms with Crippen molar-refractivity contribution in [2.75, 3.05) is 13.7 Å². The Morgan fingerprint density at radius 3 is 2.65 bits per heavy atom. The molecule has 0 spiro atoms. The monoisotopic (exact) mass is 507 g/mol. The second kappa shape index (κ2) is 8.29. The average Bonchev–Trinajstić information content (AvgIpc) is 3.41. The molecule has 1 aromatic carbocycles. The van der Waals surface area contributed by atoms with E-state index >= 15 is 0 Å². The topological polar surface area (TPSA) is 113 Å². The maximum atomic E-state index is 13.3. The van der Waals surface area contributed by atoms with Crippen LogP contribution >= 0.6 is 0 Å². The van der Waals surface area contributed by atoms with Crippen molar-refractivity contribution < 1.29 is 28.5 Å². The number of aromatic nitrogens is 4. The minimum atomic E-state index is -3.02. The number of pyridine rings is 1. The largest absolute Gasteiger partial charge is 0.434 e. The SMILES string of the molecule is CN1C(=O)c2cccc(OC(F)F)c2[C@H]2C[C@@H]1c1nn3ccc(-c4cnc([C@@](C)(O)CO)nc4)cc3c12. The summed E-state index contributed by atoms with van der Waals surface area (Å²) in [7, 11) is 1.70. The molecule has 2 bridgehead atoms. The van der Waals surface area contributed by atoms with Crippen molar-refractivity contribution in [1.29, 1.82) is 0 Å². The fourth-order valence-corrected chi connectivity index (χ4v) is 5.37. The number of carbonyl (C=O) groups is 1. The molecule has 4 aromatic rings. The summed E-state index contributed by atoms with van der Waals surface area (Å²) in [6.45, 7) is -2.11. The first-order valence-corrected chi connectivity index (χ1v) is 11.7. The number of carbonyl (C=O) groups excluding carboxylic acids is 1. The molecule has 11 heteroatoms. The molecule has 0 saturated heterocycles. The van der Waals surface area contributed by atoms with Gasteiger partial charge >= 0.3 is 6.61 Å². The van der Waals surface area contributed by atoms with Gasteiger partial charge in [-0.3, -0.25) is 4.79 Å². The molecule has 4 heterocycles. The minimum absolute atomic E-state index is 0.0109. The highest BCUT2D eigenvalue weighted by Crippen LogP contribution is 2.53. The van der Waals surface area contributed by atoms with E-state index in [1.165, 1.54) is 13.0 Å². The zero-order valence-electron chi connectivity index (χ0n) is 20.0. The highest BCUT2D eigenvalue weighted by molar-refractivity contribution is 5.98. The third-order valence-corrected chi connectivity index (χ3v) is 7.25. The van der Waals surface area contributed by atoms with E-state index in [1.54, 1.807) is 47.2 Å². The zero-order chi connectivity index (χ0) is 26.1. The Bertz CT molecular complexity index is 1540. The number of ether oxygens (including phenoxy) is 1. The van der Waals surface area contributed by atoms with Crippen molar-refractivity contribution in [1.82, 2.24) is 24.5 Å². The van der Waals surface area contributed by atoms with Crippen LogP contribution in [0.15, 0.2) is 48.9 Å². The van der Waals surface area contributed by atoms with Gasteiger partial charge in [-0.25, -0.2) is 14.5 Å². The smallest absolute Gasteiger partial charge is 0.387 e. The predicted octanol–water partition coefficient (Wildman–Crippen LogP) is 3.25. The lowest BCUT2D eigenvalue weighted by atomic mass is 9.88. The van der Waals surface area contributed by atoms with Crippen molar-refractivity contribution in [3.8, 4) is 16.9 Å². The van der Waals surface area contributed by atoms with E-state index < -0.39 is 18.8 Å². The first-order valence-electron chi connectivity index (χ1n) is 11.7. The Balaban J connectivity index is 1.50. The van der Waals surface area contributed by atoms with E-state index in [4.69, 9.17) is 9.84 Å². The summed E-state index contributed by atoms with van der Waals surface area (Å²) in [5, 5.41) is 24.3. The Kier molecular flexibility index (Phi) is 5.25. The van der Waals surface area contributed by atoms with Crippen molar-refractivity contribution >= 4 is 11.4 Å². The Hall–Kier alpha value is -3.96. The summed E-state index contributed by atoms with van der Waals surface area (Å²) in [5.74, 6) is -0.541. The van der Waals surface area contributed by atoms with Crippen LogP contribution in [0.1, 0.15) is 58.3 Å². The first kappa shape index (κ1) is 23.4. The molecule has 0 radical (unpaired) electrons. The summed E-state index contributed by atoms with van der Waals surface area (Å²) in [5.41, 5.74) is 3.05. The lowest BCUT2D eigenvalue weighted by molar-refractivity contribution is -0.0505. The molecule has 2 N–H and O–H groups in total. The van der Waals surface area contributed by atoms with Crippen LogP contribution in [0.2, 0.25) is 0 Å². The normalized spacial score (nSPS) is 20.1. The van der Waals surface area contributed by atoms with E-state index in [0.717, 1.165) is 22.3 Å². The molecule has 0 unspecified atom stereocenters. The number of alkyl halides is 2. The molecule has 9 nitrogen and oxygen atoms in total. The quantitative estimate of drug-likeness (QED) is 0.426. The molecule has 2 aliphatic rings. The lowest BCUT2D eigenvalue weighted by Gasteiger charge is -2.23. The number of aliphatic hydroxyl groups is 2. The van der Waals surface area contributed by atoms with Gasteiger partial charge in [0.1, 0.15) is 11.4 Å². The molecule has 0 saturated carbocycles. The second-order valence-corrected chi connectivity index (χ2v) is 9.59. The van der Waals surface area contributed by atoms with Crippen LogP contribution < -0.4 is 4.74 Å². The van der Waals surface area contributed by atoms with E-state index in [9.17, 15) is 23.8 Å². The third kappa shape index (κ3) is 3.57. The standard InChI is InChI=1S/C26H23F2N5O4/c1-26(36,12-34)24-29-10-14(11-30-24)13-6-7-33-17(8-13)21-16-9-18(22(21)31-33)32(2)23(35)15-4-3-5-19(20(15)16)37-25(27)28/h3-8,10-11,16,18,25,34,36H,9,12H2,1-2H3/t16-,18-,26+/m1/s1. The molecule has 190 valence electrons.